The Hall–Kier alpha value is -1.59. The maximum Gasteiger partial charge on any atom is 0.273 e. The highest BCUT2D eigenvalue weighted by Crippen LogP contribution is 2.27. The van der Waals surface area contributed by atoms with Crippen LogP contribution in [0, 0.1) is 0 Å². The predicted molar refractivity (Wildman–Crippen MR) is 83.1 cm³/mol. The Kier molecular flexibility index (Phi) is 4.41. The summed E-state index contributed by atoms with van der Waals surface area (Å²) in [5, 5.41) is 2.41. The molecule has 1 amide bonds. The number of hydrogen-bond donors (Lipinski definition) is 0. The molecule has 0 atom stereocenters. The number of hydrogen-bond acceptors (Lipinski definition) is 4. The smallest absolute Gasteiger partial charge is 0.273 e. The summed E-state index contributed by atoms with van der Waals surface area (Å²) < 4.78 is 5.92. The maximum atomic E-state index is 12.2. The normalized spacial score (nSPS) is 16.0. The van der Waals surface area contributed by atoms with E-state index in [2.05, 4.69) is 4.98 Å². The van der Waals surface area contributed by atoms with Crippen LogP contribution in [0.1, 0.15) is 23.3 Å². The van der Waals surface area contributed by atoms with Crippen molar-refractivity contribution in [2.75, 3.05) is 13.1 Å². The maximum absolute atomic E-state index is 12.2. The van der Waals surface area contributed by atoms with Crippen LogP contribution >= 0.6 is 22.9 Å². The molecule has 3 rings (SSSR count). The molecule has 0 spiro atoms. The van der Waals surface area contributed by atoms with Gasteiger partial charge in [-0.2, -0.15) is 0 Å². The van der Waals surface area contributed by atoms with Crippen LogP contribution < -0.4 is 4.74 Å². The zero-order chi connectivity index (χ0) is 14.7. The molecule has 0 saturated carbocycles. The molecule has 1 fully saturated rings. The van der Waals surface area contributed by atoms with Gasteiger partial charge in [-0.3, -0.25) is 4.79 Å². The van der Waals surface area contributed by atoms with E-state index in [1.807, 2.05) is 29.2 Å². The van der Waals surface area contributed by atoms with E-state index in [9.17, 15) is 4.79 Å². The van der Waals surface area contributed by atoms with Crippen molar-refractivity contribution in [3.05, 3.63) is 45.9 Å². The molecule has 1 aromatic carbocycles. The van der Waals surface area contributed by atoms with E-state index >= 15 is 0 Å². The van der Waals surface area contributed by atoms with Gasteiger partial charge in [0.25, 0.3) is 5.91 Å². The minimum Gasteiger partial charge on any atom is -0.489 e. The summed E-state index contributed by atoms with van der Waals surface area (Å²) in [5.41, 5.74) is 2.21. The Balaban J connectivity index is 1.56. The highest BCUT2D eigenvalue weighted by molar-refractivity contribution is 7.07. The average Bonchev–Trinajstić information content (AvgIpc) is 3.04. The number of thiazole rings is 1. The van der Waals surface area contributed by atoms with Crippen LogP contribution in [-0.2, 0) is 0 Å². The van der Waals surface area contributed by atoms with Crippen molar-refractivity contribution in [1.29, 1.82) is 0 Å². The molecule has 110 valence electrons. The highest BCUT2D eigenvalue weighted by Gasteiger charge is 2.25. The van der Waals surface area contributed by atoms with E-state index in [4.69, 9.17) is 16.3 Å². The Labute approximate surface area is 132 Å². The van der Waals surface area contributed by atoms with Crippen LogP contribution in [0.5, 0.6) is 5.75 Å². The summed E-state index contributed by atoms with van der Waals surface area (Å²) in [6.07, 6.45) is 1.71. The summed E-state index contributed by atoms with van der Waals surface area (Å²) >= 11 is 7.53. The minimum atomic E-state index is 0.00689. The Morgan fingerprint density at radius 1 is 1.33 bits per heavy atom. The van der Waals surface area contributed by atoms with Crippen molar-refractivity contribution in [3.63, 3.8) is 0 Å². The topological polar surface area (TPSA) is 42.4 Å². The van der Waals surface area contributed by atoms with Gasteiger partial charge < -0.3 is 9.64 Å². The van der Waals surface area contributed by atoms with Crippen LogP contribution in [0.15, 0.2) is 35.2 Å². The second-order valence-corrected chi connectivity index (χ2v) is 6.04. The first kappa shape index (κ1) is 14.4. The zero-order valence-electron chi connectivity index (χ0n) is 11.4. The van der Waals surface area contributed by atoms with Crippen LogP contribution in [0.2, 0.25) is 5.02 Å². The van der Waals surface area contributed by atoms with E-state index in [1.165, 1.54) is 11.3 Å². The second-order valence-electron chi connectivity index (χ2n) is 4.91. The first-order chi connectivity index (χ1) is 10.2. The number of amides is 1. The van der Waals surface area contributed by atoms with Gasteiger partial charge in [0, 0.05) is 31.3 Å². The fraction of sp³-hybridized carbons (Fsp3) is 0.333. The first-order valence-electron chi connectivity index (χ1n) is 6.82. The molecular weight excluding hydrogens is 308 g/mol. The Morgan fingerprint density at radius 3 is 2.76 bits per heavy atom. The molecule has 1 aliphatic rings. The SMILES string of the molecule is O=C(c1cscn1)N1CCC(Oc2ccccc2Cl)CC1. The lowest BCUT2D eigenvalue weighted by Crippen LogP contribution is -2.41. The van der Waals surface area contributed by atoms with Gasteiger partial charge in [-0.1, -0.05) is 23.7 Å². The number of nitrogens with zero attached hydrogens (tertiary/aromatic N) is 2. The third-order valence-corrected chi connectivity index (χ3v) is 4.41. The number of carbonyl (C=O) groups is 1. The van der Waals surface area contributed by atoms with Gasteiger partial charge in [0.15, 0.2) is 0 Å². The zero-order valence-corrected chi connectivity index (χ0v) is 12.9. The average molecular weight is 323 g/mol. The largest absolute Gasteiger partial charge is 0.489 e. The number of aromatic nitrogens is 1. The van der Waals surface area contributed by atoms with E-state index in [0.717, 1.165) is 12.8 Å². The monoisotopic (exact) mass is 322 g/mol. The third-order valence-electron chi connectivity index (χ3n) is 3.51. The Morgan fingerprint density at radius 2 is 2.10 bits per heavy atom. The number of para-hydroxylation sites is 1. The van der Waals surface area contributed by atoms with E-state index in [0.29, 0.717) is 29.6 Å². The molecule has 6 heteroatoms. The summed E-state index contributed by atoms with van der Waals surface area (Å²) in [4.78, 5) is 18.1. The van der Waals surface area contributed by atoms with E-state index < -0.39 is 0 Å². The van der Waals surface area contributed by atoms with Crippen LogP contribution in [0.3, 0.4) is 0 Å². The fourth-order valence-corrected chi connectivity index (χ4v) is 3.08. The van der Waals surface area contributed by atoms with Gasteiger partial charge in [0.1, 0.15) is 17.5 Å². The van der Waals surface area contributed by atoms with Gasteiger partial charge in [0.05, 0.1) is 10.5 Å². The molecule has 0 aliphatic carbocycles. The van der Waals surface area contributed by atoms with Crippen LogP contribution in [-0.4, -0.2) is 35.0 Å². The highest BCUT2D eigenvalue weighted by atomic mass is 35.5. The number of likely N-dealkylation sites (tertiary alicyclic amines) is 1. The number of benzene rings is 1. The van der Waals surface area contributed by atoms with Crippen molar-refractivity contribution >= 4 is 28.8 Å². The minimum absolute atomic E-state index is 0.00689. The van der Waals surface area contributed by atoms with Gasteiger partial charge >= 0.3 is 0 Å². The molecule has 0 N–H and O–H groups in total. The third kappa shape index (κ3) is 3.36. The van der Waals surface area contributed by atoms with Gasteiger partial charge in [-0.05, 0) is 12.1 Å². The summed E-state index contributed by atoms with van der Waals surface area (Å²) in [7, 11) is 0. The molecule has 2 heterocycles. The van der Waals surface area contributed by atoms with Crippen molar-refractivity contribution in [3.8, 4) is 5.75 Å². The molecule has 1 aliphatic heterocycles. The number of halogens is 1. The standard InChI is InChI=1S/C15H15ClN2O2S/c16-12-3-1-2-4-14(12)20-11-5-7-18(8-6-11)15(19)13-9-21-10-17-13/h1-4,9-11H,5-8H2. The molecule has 0 radical (unpaired) electrons. The molecule has 0 unspecified atom stereocenters. The van der Waals surface area contributed by atoms with Gasteiger partial charge in [0.2, 0.25) is 0 Å². The molecule has 1 saturated heterocycles. The number of piperidine rings is 1. The Bertz CT molecular complexity index is 610. The van der Waals surface area contributed by atoms with Gasteiger partial charge in [-0.15, -0.1) is 11.3 Å². The molecular formula is C15H15ClN2O2S. The summed E-state index contributed by atoms with van der Waals surface area (Å²) in [6, 6.07) is 7.47. The molecule has 1 aromatic heterocycles. The van der Waals surface area contributed by atoms with E-state index in [1.54, 1.807) is 10.9 Å². The van der Waals surface area contributed by atoms with Gasteiger partial charge in [-0.25, -0.2) is 4.98 Å². The second kappa shape index (κ2) is 6.45. The molecule has 2 aromatic rings. The quantitative estimate of drug-likeness (QED) is 0.869. The molecule has 0 bridgehead atoms. The van der Waals surface area contributed by atoms with Crippen LogP contribution in [0.4, 0.5) is 0 Å². The van der Waals surface area contributed by atoms with Crippen molar-refractivity contribution < 1.29 is 9.53 Å². The van der Waals surface area contributed by atoms with Crippen molar-refractivity contribution in [2.24, 2.45) is 0 Å². The fourth-order valence-electron chi connectivity index (χ4n) is 2.38. The first-order valence-corrected chi connectivity index (χ1v) is 8.15. The van der Waals surface area contributed by atoms with Crippen LogP contribution in [0.25, 0.3) is 0 Å². The molecule has 4 nitrogen and oxygen atoms in total. The van der Waals surface area contributed by atoms with Crippen molar-refractivity contribution in [2.45, 2.75) is 18.9 Å². The van der Waals surface area contributed by atoms with E-state index in [-0.39, 0.29) is 12.0 Å². The number of ether oxygens (including phenoxy) is 1. The number of rotatable bonds is 3. The predicted octanol–water partition coefficient (Wildman–Crippen LogP) is 3.48. The summed E-state index contributed by atoms with van der Waals surface area (Å²) in [5.74, 6) is 0.718. The lowest BCUT2D eigenvalue weighted by molar-refractivity contribution is 0.0591. The molecule has 21 heavy (non-hydrogen) atoms. The number of carbonyl (C=O) groups excluding carboxylic acids is 1. The lowest BCUT2D eigenvalue weighted by atomic mass is 10.1. The van der Waals surface area contributed by atoms with Crippen molar-refractivity contribution in [1.82, 2.24) is 9.88 Å². The lowest BCUT2D eigenvalue weighted by Gasteiger charge is -2.32. The summed E-state index contributed by atoms with van der Waals surface area (Å²) in [6.45, 7) is 1.37.